The quantitative estimate of drug-likeness (QED) is 0.911. The first-order chi connectivity index (χ1) is 8.56. The van der Waals surface area contributed by atoms with Gasteiger partial charge in [0.1, 0.15) is 5.01 Å². The van der Waals surface area contributed by atoms with E-state index in [4.69, 9.17) is 0 Å². The molecule has 98 valence electrons. The van der Waals surface area contributed by atoms with Gasteiger partial charge < -0.3 is 5.11 Å². The smallest absolute Gasteiger partial charge is 0.308 e. The number of thiazole rings is 1. The summed E-state index contributed by atoms with van der Waals surface area (Å²) >= 11 is 1.74. The van der Waals surface area contributed by atoms with Crippen LogP contribution in [0.3, 0.4) is 0 Å². The topological polar surface area (TPSA) is 53.4 Å². The Kier molecular flexibility index (Phi) is 2.90. The molecule has 0 aliphatic carbocycles. The average Bonchev–Trinajstić information content (AvgIpc) is 2.95. The van der Waals surface area contributed by atoms with Crippen LogP contribution in [0.5, 0.6) is 0 Å². The van der Waals surface area contributed by atoms with Gasteiger partial charge in [-0.05, 0) is 33.1 Å². The molecule has 0 radical (unpaired) electrons. The normalized spacial score (nSPS) is 31.1. The first kappa shape index (κ1) is 12.1. The number of aryl methyl sites for hydroxylation is 2. The van der Waals surface area contributed by atoms with E-state index < -0.39 is 5.97 Å². The highest BCUT2D eigenvalue weighted by Crippen LogP contribution is 2.42. The van der Waals surface area contributed by atoms with Crippen LogP contribution in [0.25, 0.3) is 0 Å². The molecule has 3 unspecified atom stereocenters. The Labute approximate surface area is 111 Å². The highest BCUT2D eigenvalue weighted by atomic mass is 32.1. The van der Waals surface area contributed by atoms with Gasteiger partial charge in [0.05, 0.1) is 18.2 Å². The van der Waals surface area contributed by atoms with Crippen LogP contribution in [0.4, 0.5) is 0 Å². The summed E-state index contributed by atoms with van der Waals surface area (Å²) in [5.74, 6) is -0.787. The molecule has 3 atom stereocenters. The molecular weight excluding hydrogens is 248 g/mol. The van der Waals surface area contributed by atoms with Crippen molar-refractivity contribution in [3.63, 3.8) is 0 Å². The molecule has 4 nitrogen and oxygen atoms in total. The number of carboxylic acids is 1. The molecule has 0 aromatic carbocycles. The maximum absolute atomic E-state index is 11.2. The summed E-state index contributed by atoms with van der Waals surface area (Å²) in [7, 11) is 0. The molecule has 3 rings (SSSR count). The Balaban J connectivity index is 1.76. The summed E-state index contributed by atoms with van der Waals surface area (Å²) in [5, 5.41) is 10.4. The zero-order chi connectivity index (χ0) is 12.9. The number of carboxylic acid groups (broad SMARTS) is 1. The lowest BCUT2D eigenvalue weighted by atomic mass is 9.89. The summed E-state index contributed by atoms with van der Waals surface area (Å²) < 4.78 is 0. The van der Waals surface area contributed by atoms with Gasteiger partial charge in [-0.1, -0.05) is 0 Å². The van der Waals surface area contributed by atoms with Gasteiger partial charge in [0, 0.05) is 17.0 Å². The Bertz CT molecular complexity index is 466. The molecule has 2 saturated heterocycles. The van der Waals surface area contributed by atoms with Crippen molar-refractivity contribution < 1.29 is 9.90 Å². The number of fused-ring (bicyclic) bond motifs is 2. The van der Waals surface area contributed by atoms with Crippen LogP contribution in [0.15, 0.2) is 0 Å². The molecule has 5 heteroatoms. The highest BCUT2D eigenvalue weighted by molar-refractivity contribution is 7.11. The average molecular weight is 266 g/mol. The minimum Gasteiger partial charge on any atom is -0.481 e. The van der Waals surface area contributed by atoms with Gasteiger partial charge in [-0.3, -0.25) is 9.69 Å². The Morgan fingerprint density at radius 3 is 2.83 bits per heavy atom. The van der Waals surface area contributed by atoms with Crippen LogP contribution < -0.4 is 0 Å². The van der Waals surface area contributed by atoms with Gasteiger partial charge in [0.25, 0.3) is 0 Å². The summed E-state index contributed by atoms with van der Waals surface area (Å²) in [5.41, 5.74) is 1.11. The molecule has 0 amide bonds. The fourth-order valence-corrected chi connectivity index (χ4v) is 4.32. The van der Waals surface area contributed by atoms with Gasteiger partial charge in [0.15, 0.2) is 0 Å². The van der Waals surface area contributed by atoms with Crippen molar-refractivity contribution in [2.75, 3.05) is 0 Å². The molecule has 2 fully saturated rings. The third-order valence-corrected chi connectivity index (χ3v) is 5.45. The second kappa shape index (κ2) is 4.31. The maximum Gasteiger partial charge on any atom is 0.308 e. The second-order valence-corrected chi connectivity index (χ2v) is 6.69. The van der Waals surface area contributed by atoms with E-state index in [1.807, 2.05) is 6.92 Å². The molecule has 1 aromatic rings. The van der Waals surface area contributed by atoms with E-state index in [1.165, 1.54) is 4.88 Å². The van der Waals surface area contributed by atoms with Gasteiger partial charge in [-0.2, -0.15) is 0 Å². The monoisotopic (exact) mass is 266 g/mol. The fourth-order valence-electron chi connectivity index (χ4n) is 3.38. The summed E-state index contributed by atoms with van der Waals surface area (Å²) in [6, 6.07) is 0.692. The van der Waals surface area contributed by atoms with Crippen molar-refractivity contribution >= 4 is 17.3 Å². The Hall–Kier alpha value is -0.940. The number of aromatic nitrogens is 1. The molecular formula is C13H18N2O2S. The van der Waals surface area contributed by atoms with Gasteiger partial charge in [-0.15, -0.1) is 11.3 Å². The summed E-state index contributed by atoms with van der Waals surface area (Å²) in [6.45, 7) is 4.96. The lowest BCUT2D eigenvalue weighted by molar-refractivity contribution is -0.142. The van der Waals surface area contributed by atoms with E-state index in [-0.39, 0.29) is 12.0 Å². The maximum atomic E-state index is 11.2. The molecule has 0 saturated carbocycles. The zero-order valence-electron chi connectivity index (χ0n) is 10.7. The Morgan fingerprint density at radius 1 is 1.50 bits per heavy atom. The van der Waals surface area contributed by atoms with E-state index in [9.17, 15) is 9.90 Å². The summed E-state index contributed by atoms with van der Waals surface area (Å²) in [4.78, 5) is 19.4. The number of aliphatic carboxylic acids is 1. The molecule has 2 bridgehead atoms. The van der Waals surface area contributed by atoms with Crippen LogP contribution in [0, 0.1) is 19.8 Å². The van der Waals surface area contributed by atoms with Crippen LogP contribution in [0.1, 0.15) is 34.8 Å². The van der Waals surface area contributed by atoms with Crippen LogP contribution >= 0.6 is 11.3 Å². The van der Waals surface area contributed by atoms with Crippen molar-refractivity contribution in [2.45, 2.75) is 51.7 Å². The second-order valence-electron chi connectivity index (χ2n) is 5.40. The number of rotatable bonds is 3. The molecule has 0 spiro atoms. The third-order valence-electron chi connectivity index (χ3n) is 4.39. The number of hydrogen-bond donors (Lipinski definition) is 1. The molecule has 1 N–H and O–H groups in total. The van der Waals surface area contributed by atoms with E-state index in [2.05, 4.69) is 16.8 Å². The third kappa shape index (κ3) is 1.86. The van der Waals surface area contributed by atoms with Crippen molar-refractivity contribution in [3.05, 3.63) is 15.6 Å². The minimum absolute atomic E-state index is 0.161. The van der Waals surface area contributed by atoms with Gasteiger partial charge in [0.2, 0.25) is 0 Å². The molecule has 2 aliphatic heterocycles. The van der Waals surface area contributed by atoms with Crippen molar-refractivity contribution in [3.8, 4) is 0 Å². The minimum atomic E-state index is -0.626. The first-order valence-electron chi connectivity index (χ1n) is 6.47. The lowest BCUT2D eigenvalue weighted by Crippen LogP contribution is -2.32. The molecule has 18 heavy (non-hydrogen) atoms. The molecule has 1 aromatic heterocycles. The predicted octanol–water partition coefficient (Wildman–Crippen LogP) is 2.20. The van der Waals surface area contributed by atoms with E-state index in [0.717, 1.165) is 36.5 Å². The van der Waals surface area contributed by atoms with Crippen LogP contribution in [-0.2, 0) is 11.3 Å². The first-order valence-corrected chi connectivity index (χ1v) is 7.29. The van der Waals surface area contributed by atoms with E-state index in [1.54, 1.807) is 11.3 Å². The number of carbonyl (C=O) groups is 1. The van der Waals surface area contributed by atoms with Crippen molar-refractivity contribution in [1.29, 1.82) is 0 Å². The zero-order valence-corrected chi connectivity index (χ0v) is 11.5. The lowest BCUT2D eigenvalue weighted by Gasteiger charge is -2.21. The van der Waals surface area contributed by atoms with Crippen LogP contribution in [-0.4, -0.2) is 33.0 Å². The van der Waals surface area contributed by atoms with Crippen molar-refractivity contribution in [2.24, 2.45) is 5.92 Å². The van der Waals surface area contributed by atoms with E-state index in [0.29, 0.717) is 6.04 Å². The fraction of sp³-hybridized carbons (Fsp3) is 0.692. The Morgan fingerprint density at radius 2 is 2.28 bits per heavy atom. The number of hydrogen-bond acceptors (Lipinski definition) is 4. The SMILES string of the molecule is Cc1nc(CN2C3CCC2C(C(=O)O)C3)sc1C. The highest BCUT2D eigenvalue weighted by Gasteiger charge is 2.49. The largest absolute Gasteiger partial charge is 0.481 e. The van der Waals surface area contributed by atoms with E-state index >= 15 is 0 Å². The predicted molar refractivity (Wildman–Crippen MR) is 69.7 cm³/mol. The van der Waals surface area contributed by atoms with Gasteiger partial charge in [-0.25, -0.2) is 4.98 Å². The molecule has 2 aliphatic rings. The molecule has 3 heterocycles. The van der Waals surface area contributed by atoms with Crippen molar-refractivity contribution in [1.82, 2.24) is 9.88 Å². The van der Waals surface area contributed by atoms with Crippen LogP contribution in [0.2, 0.25) is 0 Å². The summed E-state index contributed by atoms with van der Waals surface area (Å²) in [6.07, 6.45) is 3.01. The number of nitrogens with zero attached hydrogens (tertiary/aromatic N) is 2. The standard InChI is InChI=1S/C13H18N2O2S/c1-7-8(2)18-12(14-7)6-15-9-3-4-11(15)10(5-9)13(16)17/h9-11H,3-6H2,1-2H3,(H,16,17). The van der Waals surface area contributed by atoms with Gasteiger partial charge >= 0.3 is 5.97 Å².